The number of esters is 1. The van der Waals surface area contributed by atoms with Crippen LogP contribution in [0.2, 0.25) is 0 Å². The molecule has 1 aromatic rings. The first-order chi connectivity index (χ1) is 7.99. The zero-order chi connectivity index (χ0) is 12.8. The fourth-order valence-electron chi connectivity index (χ4n) is 1.05. The fourth-order valence-corrected chi connectivity index (χ4v) is 1.05. The maximum absolute atomic E-state index is 10.9. The van der Waals surface area contributed by atoms with Crippen LogP contribution in [-0.4, -0.2) is 39.9 Å². The number of carbonyl (C=O) groups is 2. The number of carboxylic acids is 1. The number of nitro groups is 1. The minimum absolute atomic E-state index is 0. The zero-order valence-corrected chi connectivity index (χ0v) is 10.7. The molecule has 0 fully saturated rings. The Morgan fingerprint density at radius 1 is 1.22 bits per heavy atom. The quantitative estimate of drug-likeness (QED) is 0.230. The number of non-ortho nitro benzene ring substituents is 1. The van der Waals surface area contributed by atoms with Crippen molar-refractivity contribution in [3.63, 3.8) is 0 Å². The summed E-state index contributed by atoms with van der Waals surface area (Å²) in [6, 6.07) is 5.37. The third kappa shape index (κ3) is 5.59. The second kappa shape index (κ2) is 7.61. The molecule has 0 aliphatic carbocycles. The number of carboxylic acid groups (broad SMARTS) is 1. The summed E-state index contributed by atoms with van der Waals surface area (Å²) in [7, 11) is 0. The van der Waals surface area contributed by atoms with Gasteiger partial charge in [0.25, 0.3) is 5.69 Å². The second-order valence-corrected chi connectivity index (χ2v) is 3.13. The minimum atomic E-state index is -1.52. The number of nitrogens with zero attached hydrogens (tertiary/aromatic N) is 1. The molecule has 0 saturated heterocycles. The molecular weight excluding hydrogens is 254 g/mol. The molecule has 8 heteroatoms. The first-order valence-electron chi connectivity index (χ1n) is 4.58. The topological polar surface area (TPSA) is 110 Å². The molecule has 0 heterocycles. The van der Waals surface area contributed by atoms with E-state index in [4.69, 9.17) is 0 Å². The van der Waals surface area contributed by atoms with Gasteiger partial charge in [0.1, 0.15) is 6.61 Å². The van der Waals surface area contributed by atoms with Crippen LogP contribution in [0.4, 0.5) is 5.69 Å². The monoisotopic (exact) mass is 262 g/mol. The van der Waals surface area contributed by atoms with Gasteiger partial charge in [-0.05, 0) is 17.7 Å². The average molecular weight is 262 g/mol. The SMILES string of the molecule is O=C([O-])CC(=O)OCc1ccc([N+](=O)[O-])cc1.[Mg+2]. The maximum Gasteiger partial charge on any atom is 2.00 e. The third-order valence-corrected chi connectivity index (χ3v) is 1.84. The van der Waals surface area contributed by atoms with Crippen LogP contribution in [0.1, 0.15) is 12.0 Å². The molecule has 1 aromatic carbocycles. The molecule has 18 heavy (non-hydrogen) atoms. The smallest absolute Gasteiger partial charge is 0.550 e. The van der Waals surface area contributed by atoms with Gasteiger partial charge in [-0.25, -0.2) is 0 Å². The van der Waals surface area contributed by atoms with Gasteiger partial charge < -0.3 is 14.6 Å². The predicted octanol–water partition coefficient (Wildman–Crippen LogP) is -0.603. The van der Waals surface area contributed by atoms with Crippen molar-refractivity contribution >= 4 is 40.7 Å². The van der Waals surface area contributed by atoms with Crippen molar-refractivity contribution < 1.29 is 24.4 Å². The molecule has 1 rings (SSSR count). The molecule has 0 atom stereocenters. The Hall–Kier alpha value is -1.67. The summed E-state index contributed by atoms with van der Waals surface area (Å²) < 4.78 is 4.61. The number of benzene rings is 1. The number of nitro benzene ring substituents is 1. The molecule has 0 bridgehead atoms. The van der Waals surface area contributed by atoms with Crippen molar-refractivity contribution in [2.24, 2.45) is 0 Å². The van der Waals surface area contributed by atoms with Gasteiger partial charge in [-0.2, -0.15) is 0 Å². The average Bonchev–Trinajstić information content (AvgIpc) is 2.26. The molecule has 0 aliphatic heterocycles. The van der Waals surface area contributed by atoms with Crippen molar-refractivity contribution in [2.75, 3.05) is 0 Å². The van der Waals surface area contributed by atoms with Crippen molar-refractivity contribution in [2.45, 2.75) is 13.0 Å². The Morgan fingerprint density at radius 2 is 1.78 bits per heavy atom. The van der Waals surface area contributed by atoms with E-state index in [-0.39, 0.29) is 35.3 Å². The van der Waals surface area contributed by atoms with Crippen LogP contribution in [0, 0.1) is 10.1 Å². The summed E-state index contributed by atoms with van der Waals surface area (Å²) in [5.41, 5.74) is 0.456. The Kier molecular flexibility index (Phi) is 6.91. The van der Waals surface area contributed by atoms with Crippen LogP contribution in [-0.2, 0) is 20.9 Å². The van der Waals surface area contributed by atoms with Gasteiger partial charge in [-0.1, -0.05) is 0 Å². The molecular formula is C10H8MgNO6+. The van der Waals surface area contributed by atoms with Crippen molar-refractivity contribution in [1.82, 2.24) is 0 Å². The van der Waals surface area contributed by atoms with E-state index in [2.05, 4.69) is 4.74 Å². The second-order valence-electron chi connectivity index (χ2n) is 3.13. The molecule has 0 amide bonds. The van der Waals surface area contributed by atoms with Crippen LogP contribution >= 0.6 is 0 Å². The van der Waals surface area contributed by atoms with E-state index in [0.717, 1.165) is 0 Å². The molecule has 0 unspecified atom stereocenters. The van der Waals surface area contributed by atoms with Crippen LogP contribution < -0.4 is 5.11 Å². The fraction of sp³-hybridized carbons (Fsp3) is 0.200. The summed E-state index contributed by atoms with van der Waals surface area (Å²) in [5.74, 6) is -2.43. The number of ether oxygens (including phenoxy) is 1. The van der Waals surface area contributed by atoms with Gasteiger partial charge in [0.2, 0.25) is 0 Å². The van der Waals surface area contributed by atoms with Gasteiger partial charge >= 0.3 is 29.0 Å². The van der Waals surface area contributed by atoms with Crippen LogP contribution in [0.25, 0.3) is 0 Å². The maximum atomic E-state index is 10.9. The Bertz CT molecular complexity index is 444. The van der Waals surface area contributed by atoms with Gasteiger partial charge in [-0.15, -0.1) is 0 Å². The van der Waals surface area contributed by atoms with Gasteiger partial charge in [-0.3, -0.25) is 14.9 Å². The minimum Gasteiger partial charge on any atom is -0.550 e. The van der Waals surface area contributed by atoms with Gasteiger partial charge in [0, 0.05) is 12.1 Å². The summed E-state index contributed by atoms with van der Waals surface area (Å²) in [6.45, 7) is -0.135. The molecule has 0 N–H and O–H groups in total. The summed E-state index contributed by atoms with van der Waals surface area (Å²) in [4.78, 5) is 30.7. The van der Waals surface area contributed by atoms with E-state index in [0.29, 0.717) is 5.56 Å². The standard InChI is InChI=1S/C10H9NO6.Mg/c12-9(13)5-10(14)17-6-7-1-3-8(4-2-7)11(15)16;/h1-4H,5-6H2,(H,12,13);/q;+2/p-1. The number of hydrogen-bond donors (Lipinski definition) is 0. The summed E-state index contributed by atoms with van der Waals surface area (Å²) >= 11 is 0. The Morgan fingerprint density at radius 3 is 2.22 bits per heavy atom. The number of hydrogen-bond acceptors (Lipinski definition) is 6. The number of carbonyl (C=O) groups excluding carboxylic acids is 2. The van der Waals surface area contributed by atoms with E-state index in [9.17, 15) is 24.8 Å². The first-order valence-corrected chi connectivity index (χ1v) is 4.58. The zero-order valence-electron chi connectivity index (χ0n) is 9.33. The van der Waals surface area contributed by atoms with Crippen LogP contribution in [0.5, 0.6) is 0 Å². The van der Waals surface area contributed by atoms with E-state index in [1.54, 1.807) is 0 Å². The molecule has 0 radical (unpaired) electrons. The molecule has 0 aliphatic rings. The molecule has 0 spiro atoms. The van der Waals surface area contributed by atoms with Crippen LogP contribution in [0.3, 0.4) is 0 Å². The van der Waals surface area contributed by atoms with Crippen molar-refractivity contribution in [3.05, 3.63) is 39.9 Å². The van der Waals surface area contributed by atoms with Crippen molar-refractivity contribution in [1.29, 1.82) is 0 Å². The Balaban J connectivity index is 0.00000289. The van der Waals surface area contributed by atoms with E-state index in [1.807, 2.05) is 0 Å². The normalized spacial score (nSPS) is 9.11. The Labute approximate surface area is 118 Å². The van der Waals surface area contributed by atoms with Gasteiger partial charge in [0.05, 0.1) is 17.3 Å². The number of aliphatic carboxylic acids is 1. The summed E-state index contributed by atoms with van der Waals surface area (Å²) in [5, 5.41) is 20.4. The predicted molar refractivity (Wildman–Crippen MR) is 58.3 cm³/mol. The molecule has 0 saturated carbocycles. The van der Waals surface area contributed by atoms with Crippen molar-refractivity contribution in [3.8, 4) is 0 Å². The largest absolute Gasteiger partial charge is 2.00 e. The molecule has 7 nitrogen and oxygen atoms in total. The number of rotatable bonds is 5. The van der Waals surface area contributed by atoms with E-state index >= 15 is 0 Å². The molecule has 0 aromatic heterocycles. The van der Waals surface area contributed by atoms with Crippen LogP contribution in [0.15, 0.2) is 24.3 Å². The summed E-state index contributed by atoms with van der Waals surface area (Å²) in [6.07, 6.45) is -0.813. The van der Waals surface area contributed by atoms with E-state index < -0.39 is 23.3 Å². The van der Waals surface area contributed by atoms with E-state index in [1.165, 1.54) is 24.3 Å². The van der Waals surface area contributed by atoms with Gasteiger partial charge in [0.15, 0.2) is 0 Å². The third-order valence-electron chi connectivity index (χ3n) is 1.84. The first kappa shape index (κ1) is 16.3. The molecule has 90 valence electrons.